The fraction of sp³-hybridized carbons (Fsp3) is 0.690. The third kappa shape index (κ3) is 8.14. The molecule has 0 spiro atoms. The number of unbranched alkanes of at least 4 members (excludes halogenated alkanes) is 5. The standard InChI is InChI=1S/C24H32O6.C18H28O3S/c1-13-9-16-17-6-8-24(29,20(28)12-30-14(2)25)23(17,4)11-19(27)21(16)22(3)7-5-15(26)10-18(13)22;1-3-4-5-6-7-8-11-22(19)15(2)12-16-9-10-17-18(13-16)21-14-20-17/h5,7,10,13,16-17,19,21,27,29H,6,8-9,11-12H2,1-4H3;9-10,13,15H,3-8,11-12,14H2,1-2H3/t13-,16-,17-,19-,21+,22-,23-,24-;/m0./s1. The maximum atomic E-state index is 12.9. The number of benzene rings is 1. The predicted molar refractivity (Wildman–Crippen MR) is 201 cm³/mol. The van der Waals surface area contributed by atoms with Crippen LogP contribution in [0.3, 0.4) is 0 Å². The monoisotopic (exact) mass is 740 g/mol. The van der Waals surface area contributed by atoms with E-state index >= 15 is 0 Å². The highest BCUT2D eigenvalue weighted by Gasteiger charge is 2.68. The number of rotatable bonds is 13. The minimum absolute atomic E-state index is 0.00535. The van der Waals surface area contributed by atoms with E-state index < -0.39 is 51.7 Å². The topological polar surface area (TPSA) is 136 Å². The molecule has 1 aromatic rings. The molecule has 0 aromatic heterocycles. The quantitative estimate of drug-likeness (QED) is 0.165. The molecule has 52 heavy (non-hydrogen) atoms. The molecule has 1 aliphatic heterocycles. The number of hydrogen-bond donors (Lipinski definition) is 2. The van der Waals surface area contributed by atoms with Gasteiger partial charge in [-0.15, -0.1) is 0 Å². The average molecular weight is 741 g/mol. The van der Waals surface area contributed by atoms with E-state index in [1.807, 2.05) is 31.2 Å². The van der Waals surface area contributed by atoms with Gasteiger partial charge >= 0.3 is 5.97 Å². The number of esters is 1. The van der Waals surface area contributed by atoms with Crippen LogP contribution in [0.4, 0.5) is 0 Å². The second-order valence-electron chi connectivity index (χ2n) is 16.4. The van der Waals surface area contributed by atoms with Gasteiger partial charge in [0, 0.05) is 45.5 Å². The molecule has 0 saturated heterocycles. The van der Waals surface area contributed by atoms with Gasteiger partial charge in [-0.25, -0.2) is 0 Å². The Bertz CT molecular complexity index is 1570. The highest BCUT2D eigenvalue weighted by atomic mass is 32.2. The summed E-state index contributed by atoms with van der Waals surface area (Å²) >= 11 is 0. The van der Waals surface area contributed by atoms with Gasteiger partial charge in [-0.1, -0.05) is 84.4 Å². The predicted octanol–water partition coefficient (Wildman–Crippen LogP) is 6.83. The zero-order chi connectivity index (χ0) is 37.8. The first-order chi connectivity index (χ1) is 24.6. The Morgan fingerprint density at radius 1 is 1.10 bits per heavy atom. The average Bonchev–Trinajstić information content (AvgIpc) is 3.67. The number of carbonyl (C=O) groups is 3. The number of ketones is 2. The second kappa shape index (κ2) is 16.7. The zero-order valence-electron chi connectivity index (χ0n) is 32.0. The largest absolute Gasteiger partial charge is 0.458 e. The van der Waals surface area contributed by atoms with Crippen LogP contribution in [-0.4, -0.2) is 68.1 Å². The molecular weight excluding hydrogens is 681 g/mol. The molecule has 0 bridgehead atoms. The first-order valence-electron chi connectivity index (χ1n) is 19.4. The van der Waals surface area contributed by atoms with Crippen LogP contribution < -0.4 is 9.47 Å². The molecule has 1 heterocycles. The molecule has 3 saturated carbocycles. The van der Waals surface area contributed by atoms with E-state index in [4.69, 9.17) is 14.2 Å². The highest BCUT2D eigenvalue weighted by Crippen LogP contribution is 2.67. The number of fused-ring (bicyclic) bond motifs is 6. The summed E-state index contributed by atoms with van der Waals surface area (Å²) < 4.78 is 27.9. The Morgan fingerprint density at radius 2 is 1.81 bits per heavy atom. The van der Waals surface area contributed by atoms with Crippen molar-refractivity contribution in [3.05, 3.63) is 47.6 Å². The van der Waals surface area contributed by atoms with E-state index in [2.05, 4.69) is 27.7 Å². The lowest BCUT2D eigenvalue weighted by Crippen LogP contribution is -2.62. The highest BCUT2D eigenvalue weighted by molar-refractivity contribution is 7.85. The summed E-state index contributed by atoms with van der Waals surface area (Å²) in [5.74, 6) is 1.74. The Balaban J connectivity index is 0.000000212. The van der Waals surface area contributed by atoms with Crippen LogP contribution in [0.5, 0.6) is 11.5 Å². The number of hydrogen-bond acceptors (Lipinski definition) is 9. The van der Waals surface area contributed by atoms with Crippen molar-refractivity contribution < 1.29 is 43.0 Å². The van der Waals surface area contributed by atoms with Crippen LogP contribution in [0.15, 0.2) is 42.0 Å². The van der Waals surface area contributed by atoms with Gasteiger partial charge in [-0.05, 0) is 86.1 Å². The van der Waals surface area contributed by atoms with E-state index in [0.29, 0.717) is 26.1 Å². The summed E-state index contributed by atoms with van der Waals surface area (Å²) in [4.78, 5) is 36.1. The molecule has 2 unspecified atom stereocenters. The fourth-order valence-corrected chi connectivity index (χ4v) is 11.5. The normalized spacial score (nSPS) is 33.8. The summed E-state index contributed by atoms with van der Waals surface area (Å²) in [5.41, 5.74) is -0.542. The lowest BCUT2D eigenvalue weighted by Gasteiger charge is -2.60. The second-order valence-corrected chi connectivity index (χ2v) is 18.4. The SMILES string of the molecule is CC(=O)OCC(=O)[C@@]1(O)CC[C@H]2[C@@H]3C[C@H](C)C4=CC(=O)C=C[C@]4(C)[C@H]3[C@@H](O)C[C@@]21C.CCCCCCCCS(=O)C(C)Cc1ccc2c(c1)OCO2. The first-order valence-corrected chi connectivity index (χ1v) is 20.8. The van der Waals surface area contributed by atoms with Crippen LogP contribution in [0.25, 0.3) is 0 Å². The lowest BCUT2D eigenvalue weighted by atomic mass is 9.45. The van der Waals surface area contributed by atoms with Crippen LogP contribution in [0, 0.1) is 34.5 Å². The molecule has 10 atom stereocenters. The number of Topliss-reactive ketones (excluding diaryl/α,β-unsaturated/α-hetero) is 1. The molecule has 10 heteroatoms. The van der Waals surface area contributed by atoms with Crippen molar-refractivity contribution in [2.24, 2.45) is 34.5 Å². The van der Waals surface area contributed by atoms with Gasteiger partial charge in [0.05, 0.1) is 6.10 Å². The van der Waals surface area contributed by atoms with E-state index in [-0.39, 0.29) is 34.7 Å². The van der Waals surface area contributed by atoms with Crippen LogP contribution in [0.1, 0.15) is 111 Å². The van der Waals surface area contributed by atoms with Crippen molar-refractivity contribution in [1.82, 2.24) is 0 Å². The van der Waals surface area contributed by atoms with E-state index in [1.54, 1.807) is 12.2 Å². The van der Waals surface area contributed by atoms with Crippen molar-refractivity contribution in [2.45, 2.75) is 129 Å². The summed E-state index contributed by atoms with van der Waals surface area (Å²) in [6.07, 6.45) is 15.0. The van der Waals surface area contributed by atoms with E-state index in [0.717, 1.165) is 42.1 Å². The molecule has 6 rings (SSSR count). The van der Waals surface area contributed by atoms with Crippen LogP contribution in [0.2, 0.25) is 0 Å². The lowest BCUT2D eigenvalue weighted by molar-refractivity contribution is -0.182. The number of aliphatic hydroxyl groups excluding tert-OH is 1. The molecule has 9 nitrogen and oxygen atoms in total. The number of aliphatic hydroxyl groups is 2. The molecule has 288 valence electrons. The Kier molecular flexibility index (Phi) is 13.0. The van der Waals surface area contributed by atoms with Crippen molar-refractivity contribution >= 4 is 28.3 Å². The first kappa shape index (κ1) is 40.4. The maximum Gasteiger partial charge on any atom is 0.303 e. The summed E-state index contributed by atoms with van der Waals surface area (Å²) in [5, 5.41) is 23.1. The molecule has 2 N–H and O–H groups in total. The minimum Gasteiger partial charge on any atom is -0.458 e. The molecule has 5 aliphatic rings. The molecule has 0 amide bonds. The van der Waals surface area contributed by atoms with Crippen molar-refractivity contribution in [1.29, 1.82) is 0 Å². The third-order valence-electron chi connectivity index (χ3n) is 12.9. The summed E-state index contributed by atoms with van der Waals surface area (Å²) in [6.45, 7) is 11.6. The van der Waals surface area contributed by atoms with Crippen LogP contribution >= 0.6 is 0 Å². The van der Waals surface area contributed by atoms with Gasteiger partial charge in [-0.3, -0.25) is 18.6 Å². The summed E-state index contributed by atoms with van der Waals surface area (Å²) in [6, 6.07) is 6.01. The Labute approximate surface area is 312 Å². The van der Waals surface area contributed by atoms with Crippen LogP contribution in [-0.2, 0) is 36.3 Å². The molecule has 4 aliphatic carbocycles. The smallest absolute Gasteiger partial charge is 0.303 e. The number of allylic oxidation sites excluding steroid dienone is 4. The Morgan fingerprint density at radius 3 is 2.54 bits per heavy atom. The molecule has 0 radical (unpaired) electrons. The zero-order valence-corrected chi connectivity index (χ0v) is 32.8. The molecule has 1 aromatic carbocycles. The maximum absolute atomic E-state index is 12.9. The number of carbonyl (C=O) groups excluding carboxylic acids is 3. The van der Waals surface area contributed by atoms with E-state index in [9.17, 15) is 28.8 Å². The van der Waals surface area contributed by atoms with Gasteiger partial charge in [0.15, 0.2) is 23.9 Å². The summed E-state index contributed by atoms with van der Waals surface area (Å²) in [7, 11) is -0.743. The van der Waals surface area contributed by atoms with Gasteiger partial charge in [-0.2, -0.15) is 0 Å². The van der Waals surface area contributed by atoms with Gasteiger partial charge in [0.1, 0.15) is 5.60 Å². The minimum atomic E-state index is -1.61. The Hall–Kier alpha value is -2.82. The van der Waals surface area contributed by atoms with E-state index in [1.165, 1.54) is 44.6 Å². The van der Waals surface area contributed by atoms with Crippen molar-refractivity contribution in [3.63, 3.8) is 0 Å². The van der Waals surface area contributed by atoms with Gasteiger partial charge < -0.3 is 24.4 Å². The molecular formula is C42H60O9S. The van der Waals surface area contributed by atoms with Gasteiger partial charge in [0.2, 0.25) is 12.6 Å². The van der Waals surface area contributed by atoms with Crippen molar-refractivity contribution in [3.8, 4) is 11.5 Å². The van der Waals surface area contributed by atoms with Crippen molar-refractivity contribution in [2.75, 3.05) is 19.2 Å². The fourth-order valence-electron chi connectivity index (χ4n) is 10.2. The van der Waals surface area contributed by atoms with Gasteiger partial charge in [0.25, 0.3) is 0 Å². The number of ether oxygens (including phenoxy) is 3. The third-order valence-corrected chi connectivity index (χ3v) is 14.7. The molecule has 3 fully saturated rings.